The zero-order chi connectivity index (χ0) is 23.5. The van der Waals surface area contributed by atoms with Crippen molar-refractivity contribution in [3.63, 3.8) is 0 Å². The summed E-state index contributed by atoms with van der Waals surface area (Å²) in [5, 5.41) is 3.12. The summed E-state index contributed by atoms with van der Waals surface area (Å²) in [6, 6.07) is 19.8. The van der Waals surface area contributed by atoms with Crippen LogP contribution in [0.4, 0.5) is 4.79 Å². The maximum absolute atomic E-state index is 13.1. The summed E-state index contributed by atoms with van der Waals surface area (Å²) < 4.78 is 13.1. The predicted molar refractivity (Wildman–Crippen MR) is 125 cm³/mol. The fourth-order valence-corrected chi connectivity index (χ4v) is 3.91. The summed E-state index contributed by atoms with van der Waals surface area (Å²) >= 11 is 0. The van der Waals surface area contributed by atoms with E-state index in [1.807, 2.05) is 65.4 Å². The number of rotatable bonds is 7. The summed E-state index contributed by atoms with van der Waals surface area (Å²) in [7, 11) is 0. The van der Waals surface area contributed by atoms with E-state index in [-0.39, 0.29) is 12.1 Å². The second kappa shape index (κ2) is 9.11. The fourth-order valence-electron chi connectivity index (χ4n) is 3.91. The molecule has 1 aliphatic heterocycles. The van der Waals surface area contributed by atoms with Gasteiger partial charge in [-0.2, -0.15) is 0 Å². The minimum atomic E-state index is -0.774. The lowest BCUT2D eigenvalue weighted by molar-refractivity contribution is -0.130. The molecule has 1 N–H and O–H groups in total. The average molecular weight is 455 g/mol. The molecular weight excluding hydrogens is 434 g/mol. The molecule has 1 saturated heterocycles. The quantitative estimate of drug-likeness (QED) is 0.336. The van der Waals surface area contributed by atoms with Crippen LogP contribution in [0.2, 0.25) is 0 Å². The molecule has 5 rings (SSSR count). The molecule has 1 fully saturated rings. The van der Waals surface area contributed by atoms with Crippen molar-refractivity contribution < 1.29 is 23.5 Å². The van der Waals surface area contributed by atoms with Gasteiger partial charge in [-0.25, -0.2) is 4.79 Å². The van der Waals surface area contributed by atoms with Gasteiger partial charge in [0.15, 0.2) is 0 Å². The summed E-state index contributed by atoms with van der Waals surface area (Å²) in [6.45, 7) is 0.951. The maximum atomic E-state index is 13.1. The Bertz CT molecular complexity index is 1390. The van der Waals surface area contributed by atoms with E-state index in [0.29, 0.717) is 24.5 Å². The first-order chi connectivity index (χ1) is 16.6. The highest BCUT2D eigenvalue weighted by Gasteiger charge is 2.36. The van der Waals surface area contributed by atoms with Gasteiger partial charge in [-0.3, -0.25) is 19.8 Å². The number of carbonyl (C=O) groups is 3. The van der Waals surface area contributed by atoms with Crippen LogP contribution in [-0.4, -0.2) is 33.9 Å². The predicted octanol–water partition coefficient (Wildman–Crippen LogP) is 3.98. The van der Waals surface area contributed by atoms with E-state index in [0.717, 1.165) is 21.6 Å². The van der Waals surface area contributed by atoms with Gasteiger partial charge in [0.25, 0.3) is 11.8 Å². The van der Waals surface area contributed by atoms with E-state index in [1.165, 1.54) is 12.3 Å². The molecule has 0 atom stereocenters. The van der Waals surface area contributed by atoms with Crippen LogP contribution >= 0.6 is 0 Å². The number of nitrogens with one attached hydrogen (secondary N) is 1. The Hall–Kier alpha value is -4.59. The van der Waals surface area contributed by atoms with Crippen molar-refractivity contribution in [2.45, 2.75) is 13.1 Å². The smallest absolute Gasteiger partial charge is 0.331 e. The SMILES string of the molecule is O=C1NC(=O)N(Cc2ccco2)C(=O)/C1=C/c1cn(CCOc2ccccc2)c2ccccc12. The Labute approximate surface area is 195 Å². The van der Waals surface area contributed by atoms with Gasteiger partial charge < -0.3 is 13.7 Å². The summed E-state index contributed by atoms with van der Waals surface area (Å²) in [6.07, 6.45) is 4.86. The van der Waals surface area contributed by atoms with Gasteiger partial charge in [-0.15, -0.1) is 0 Å². The largest absolute Gasteiger partial charge is 0.492 e. The van der Waals surface area contributed by atoms with Crippen LogP contribution in [0.3, 0.4) is 0 Å². The third kappa shape index (κ3) is 4.21. The number of furan rings is 1. The van der Waals surface area contributed by atoms with E-state index < -0.39 is 17.8 Å². The first-order valence-corrected chi connectivity index (χ1v) is 10.8. The Morgan fingerprint density at radius 3 is 2.53 bits per heavy atom. The van der Waals surface area contributed by atoms with Crippen molar-refractivity contribution >= 4 is 34.8 Å². The third-order valence-electron chi connectivity index (χ3n) is 5.54. The number of barbiturate groups is 1. The number of hydrogen-bond donors (Lipinski definition) is 1. The molecule has 0 saturated carbocycles. The van der Waals surface area contributed by atoms with Crippen molar-refractivity contribution in [1.82, 2.24) is 14.8 Å². The molecule has 0 unspecified atom stereocenters. The molecule has 8 heteroatoms. The lowest BCUT2D eigenvalue weighted by atomic mass is 10.1. The van der Waals surface area contributed by atoms with E-state index in [9.17, 15) is 14.4 Å². The normalized spacial score (nSPS) is 15.2. The second-order valence-electron chi connectivity index (χ2n) is 7.74. The Kier molecular flexibility index (Phi) is 5.70. The molecule has 2 aromatic carbocycles. The van der Waals surface area contributed by atoms with Gasteiger partial charge in [-0.1, -0.05) is 36.4 Å². The number of carbonyl (C=O) groups excluding carboxylic acids is 3. The second-order valence-corrected chi connectivity index (χ2v) is 7.74. The van der Waals surface area contributed by atoms with Crippen LogP contribution < -0.4 is 10.1 Å². The molecule has 1 aliphatic rings. The molecule has 4 aromatic rings. The van der Waals surface area contributed by atoms with Gasteiger partial charge >= 0.3 is 6.03 Å². The number of para-hydroxylation sites is 2. The maximum Gasteiger partial charge on any atom is 0.331 e. The van der Waals surface area contributed by atoms with E-state index >= 15 is 0 Å². The van der Waals surface area contributed by atoms with Gasteiger partial charge in [-0.05, 0) is 36.4 Å². The molecule has 0 radical (unpaired) electrons. The number of nitrogens with zero attached hydrogens (tertiary/aromatic N) is 2. The van der Waals surface area contributed by atoms with Crippen LogP contribution in [-0.2, 0) is 22.7 Å². The molecule has 3 heterocycles. The monoisotopic (exact) mass is 455 g/mol. The Balaban J connectivity index is 1.42. The number of hydrogen-bond acceptors (Lipinski definition) is 5. The number of benzene rings is 2. The van der Waals surface area contributed by atoms with Gasteiger partial charge in [0.1, 0.15) is 23.7 Å². The number of imide groups is 2. The van der Waals surface area contributed by atoms with Crippen molar-refractivity contribution in [2.75, 3.05) is 6.61 Å². The van der Waals surface area contributed by atoms with Crippen LogP contribution in [0.25, 0.3) is 17.0 Å². The number of amides is 4. The molecule has 0 aliphatic carbocycles. The summed E-state index contributed by atoms with van der Waals surface area (Å²) in [5.41, 5.74) is 1.52. The first-order valence-electron chi connectivity index (χ1n) is 10.8. The molecule has 170 valence electrons. The fraction of sp³-hybridized carbons (Fsp3) is 0.115. The number of urea groups is 1. The molecule has 8 nitrogen and oxygen atoms in total. The van der Waals surface area contributed by atoms with Crippen molar-refractivity contribution in [2.24, 2.45) is 0 Å². The Morgan fingerprint density at radius 1 is 0.941 bits per heavy atom. The van der Waals surface area contributed by atoms with Crippen LogP contribution in [0.1, 0.15) is 11.3 Å². The highest BCUT2D eigenvalue weighted by Crippen LogP contribution is 2.25. The standard InChI is InChI=1S/C26H21N3O5/c30-24-22(25(31)29(26(32)27-24)17-20-9-6-13-33-20)15-18-16-28(23-11-5-4-10-21(18)23)12-14-34-19-7-2-1-3-8-19/h1-11,13,15-16H,12,14,17H2,(H,27,30,32)/b22-15+. The van der Waals surface area contributed by atoms with E-state index in [1.54, 1.807) is 12.1 Å². The van der Waals surface area contributed by atoms with E-state index in [4.69, 9.17) is 9.15 Å². The zero-order valence-corrected chi connectivity index (χ0v) is 18.1. The molecule has 2 aromatic heterocycles. The molecule has 0 bridgehead atoms. The average Bonchev–Trinajstić information content (AvgIpc) is 3.48. The van der Waals surface area contributed by atoms with Gasteiger partial charge in [0.05, 0.1) is 19.4 Å². The third-order valence-corrected chi connectivity index (χ3v) is 5.54. The molecular formula is C26H21N3O5. The minimum absolute atomic E-state index is 0.0686. The molecule has 34 heavy (non-hydrogen) atoms. The minimum Gasteiger partial charge on any atom is -0.492 e. The van der Waals surface area contributed by atoms with Crippen molar-refractivity contribution in [3.05, 3.63) is 96.1 Å². The summed E-state index contributed by atoms with van der Waals surface area (Å²) in [5.74, 6) is -0.177. The topological polar surface area (TPSA) is 93.8 Å². The lowest BCUT2D eigenvalue weighted by Gasteiger charge is -2.25. The van der Waals surface area contributed by atoms with Gasteiger partial charge in [0.2, 0.25) is 0 Å². The Morgan fingerprint density at radius 2 is 1.74 bits per heavy atom. The summed E-state index contributed by atoms with van der Waals surface area (Å²) in [4.78, 5) is 38.8. The molecule has 0 spiro atoms. The number of aromatic nitrogens is 1. The number of fused-ring (bicyclic) bond motifs is 1. The van der Waals surface area contributed by atoms with Gasteiger partial charge in [0, 0.05) is 22.7 Å². The highest BCUT2D eigenvalue weighted by atomic mass is 16.5. The van der Waals surface area contributed by atoms with Crippen molar-refractivity contribution in [1.29, 1.82) is 0 Å². The zero-order valence-electron chi connectivity index (χ0n) is 18.1. The first kappa shape index (κ1) is 21.3. The molecule has 4 amide bonds. The number of ether oxygens (including phenoxy) is 1. The van der Waals surface area contributed by atoms with Crippen molar-refractivity contribution in [3.8, 4) is 5.75 Å². The van der Waals surface area contributed by atoms with Crippen LogP contribution in [0, 0.1) is 0 Å². The van der Waals surface area contributed by atoms with Crippen LogP contribution in [0.15, 0.2) is 89.2 Å². The van der Waals surface area contributed by atoms with E-state index in [2.05, 4.69) is 5.32 Å². The highest BCUT2D eigenvalue weighted by molar-refractivity contribution is 6.31. The lowest BCUT2D eigenvalue weighted by Crippen LogP contribution is -2.53. The van der Waals surface area contributed by atoms with Crippen LogP contribution in [0.5, 0.6) is 5.75 Å².